The zero-order valence-electron chi connectivity index (χ0n) is 14.7. The number of rotatable bonds is 8. The molecule has 0 heterocycles. The summed E-state index contributed by atoms with van der Waals surface area (Å²) in [6.45, 7) is 12.3. The Labute approximate surface area is 141 Å². The van der Waals surface area contributed by atoms with Gasteiger partial charge >= 0.3 is 0 Å². The summed E-state index contributed by atoms with van der Waals surface area (Å²) in [7, 11) is -0.698. The average Bonchev–Trinajstić information content (AvgIpc) is 2.42. The number of benzene rings is 1. The highest BCUT2D eigenvalue weighted by molar-refractivity contribution is 7.98. The van der Waals surface area contributed by atoms with Gasteiger partial charge in [-0.25, -0.2) is 0 Å². The fourth-order valence-corrected chi connectivity index (χ4v) is 3.83. The third kappa shape index (κ3) is 6.32. The molecule has 1 aromatic carbocycles. The topological polar surface area (TPSA) is 44.5 Å². The molecule has 0 aliphatic rings. The molecule has 3 nitrogen and oxygen atoms in total. The average molecular weight is 341 g/mol. The minimum absolute atomic E-state index is 0.142. The van der Waals surface area contributed by atoms with Gasteiger partial charge in [0.2, 0.25) is 9.04 Å². The lowest BCUT2D eigenvalue weighted by Crippen LogP contribution is -2.34. The van der Waals surface area contributed by atoms with Gasteiger partial charge in [0.25, 0.3) is 0 Å². The quantitative estimate of drug-likeness (QED) is 0.326. The standard InChI is InChI=1S/C17H30NO2SSi/c1-17(2,3)15(20-22(5)6)10-11-19-12-13-8-7-9-14(21-4)16(13)18/h7-9,15H,10-12,18H2,1-6H3. The summed E-state index contributed by atoms with van der Waals surface area (Å²) in [5.41, 5.74) is 8.20. The van der Waals surface area contributed by atoms with Crippen LogP contribution in [0.1, 0.15) is 32.8 Å². The summed E-state index contributed by atoms with van der Waals surface area (Å²) in [5.74, 6) is 0. The molecule has 1 rings (SSSR count). The van der Waals surface area contributed by atoms with E-state index < -0.39 is 9.04 Å². The molecule has 0 aromatic heterocycles. The van der Waals surface area contributed by atoms with Crippen LogP contribution in [0.15, 0.2) is 23.1 Å². The van der Waals surface area contributed by atoms with Crippen LogP contribution in [-0.4, -0.2) is 28.0 Å². The summed E-state index contributed by atoms with van der Waals surface area (Å²) >= 11 is 1.67. The van der Waals surface area contributed by atoms with Crippen molar-refractivity contribution in [1.82, 2.24) is 0 Å². The van der Waals surface area contributed by atoms with Crippen LogP contribution in [0.5, 0.6) is 0 Å². The fourth-order valence-electron chi connectivity index (χ4n) is 2.22. The van der Waals surface area contributed by atoms with E-state index in [4.69, 9.17) is 14.9 Å². The van der Waals surface area contributed by atoms with E-state index >= 15 is 0 Å². The SMILES string of the molecule is CSc1cccc(COCCC(O[Si](C)C)C(C)(C)C)c1N. The summed E-state index contributed by atoms with van der Waals surface area (Å²) in [6.07, 6.45) is 3.20. The maximum Gasteiger partial charge on any atom is 0.205 e. The lowest BCUT2D eigenvalue weighted by atomic mass is 9.87. The molecule has 1 atom stereocenters. The molecule has 0 amide bonds. The first kappa shape index (κ1) is 19.6. The van der Waals surface area contributed by atoms with E-state index in [1.54, 1.807) is 11.8 Å². The first-order valence-corrected chi connectivity index (χ1v) is 11.3. The molecule has 22 heavy (non-hydrogen) atoms. The van der Waals surface area contributed by atoms with Crippen molar-refractivity contribution in [3.8, 4) is 0 Å². The van der Waals surface area contributed by atoms with E-state index in [1.165, 1.54) is 0 Å². The maximum atomic E-state index is 6.15. The van der Waals surface area contributed by atoms with Gasteiger partial charge in [0.1, 0.15) is 0 Å². The summed E-state index contributed by atoms with van der Waals surface area (Å²) < 4.78 is 12.0. The second-order valence-electron chi connectivity index (χ2n) is 6.76. The van der Waals surface area contributed by atoms with Gasteiger partial charge in [0, 0.05) is 17.1 Å². The van der Waals surface area contributed by atoms with E-state index in [0.717, 1.165) is 22.6 Å². The normalized spacial score (nSPS) is 13.6. The number of nitrogens with two attached hydrogens (primary N) is 1. The van der Waals surface area contributed by atoms with Gasteiger partial charge in [0.05, 0.1) is 18.4 Å². The minimum atomic E-state index is -0.698. The van der Waals surface area contributed by atoms with Gasteiger partial charge in [-0.3, -0.25) is 0 Å². The van der Waals surface area contributed by atoms with E-state index in [9.17, 15) is 0 Å². The Bertz CT molecular complexity index is 460. The summed E-state index contributed by atoms with van der Waals surface area (Å²) in [6, 6.07) is 6.11. The Morgan fingerprint density at radius 3 is 2.50 bits per heavy atom. The molecule has 0 spiro atoms. The molecule has 5 heteroatoms. The van der Waals surface area contributed by atoms with Crippen molar-refractivity contribution < 1.29 is 9.16 Å². The number of nitrogen functional groups attached to an aromatic ring is 1. The number of anilines is 1. The molecule has 0 bridgehead atoms. The predicted molar refractivity (Wildman–Crippen MR) is 98.7 cm³/mol. The van der Waals surface area contributed by atoms with Crippen LogP contribution < -0.4 is 5.73 Å². The molecule has 0 saturated heterocycles. The van der Waals surface area contributed by atoms with Crippen molar-refractivity contribution in [2.45, 2.75) is 57.9 Å². The molecular formula is C17H30NO2SSi. The zero-order chi connectivity index (χ0) is 16.8. The van der Waals surface area contributed by atoms with Crippen molar-refractivity contribution in [2.75, 3.05) is 18.6 Å². The van der Waals surface area contributed by atoms with E-state index in [2.05, 4.69) is 33.9 Å². The van der Waals surface area contributed by atoms with Crippen molar-refractivity contribution in [3.63, 3.8) is 0 Å². The highest BCUT2D eigenvalue weighted by atomic mass is 32.2. The van der Waals surface area contributed by atoms with Crippen molar-refractivity contribution in [3.05, 3.63) is 23.8 Å². The predicted octanol–water partition coefficient (Wildman–Crippen LogP) is 4.58. The van der Waals surface area contributed by atoms with Gasteiger partial charge in [-0.1, -0.05) is 32.9 Å². The monoisotopic (exact) mass is 340 g/mol. The smallest absolute Gasteiger partial charge is 0.205 e. The summed E-state index contributed by atoms with van der Waals surface area (Å²) in [5, 5.41) is 0. The van der Waals surface area contributed by atoms with Gasteiger partial charge in [-0.2, -0.15) is 0 Å². The van der Waals surface area contributed by atoms with E-state index in [1.807, 2.05) is 24.5 Å². The van der Waals surface area contributed by atoms with Crippen LogP contribution in [0.2, 0.25) is 13.1 Å². The summed E-state index contributed by atoms with van der Waals surface area (Å²) in [4.78, 5) is 1.11. The second kappa shape index (κ2) is 8.96. The van der Waals surface area contributed by atoms with Crippen LogP contribution >= 0.6 is 11.8 Å². The van der Waals surface area contributed by atoms with Gasteiger partial charge in [0.15, 0.2) is 0 Å². The third-order valence-electron chi connectivity index (χ3n) is 3.50. The Kier molecular flexibility index (Phi) is 7.97. The molecule has 0 fully saturated rings. The molecular weight excluding hydrogens is 310 g/mol. The lowest BCUT2D eigenvalue weighted by molar-refractivity contribution is 0.0340. The molecule has 0 aliphatic carbocycles. The maximum absolute atomic E-state index is 6.15. The van der Waals surface area contributed by atoms with Crippen LogP contribution in [0.3, 0.4) is 0 Å². The highest BCUT2D eigenvalue weighted by Crippen LogP contribution is 2.27. The first-order chi connectivity index (χ1) is 10.3. The zero-order valence-corrected chi connectivity index (χ0v) is 16.5. The number of thioether (sulfide) groups is 1. The Morgan fingerprint density at radius 2 is 1.95 bits per heavy atom. The molecule has 1 unspecified atom stereocenters. The largest absolute Gasteiger partial charge is 0.414 e. The van der Waals surface area contributed by atoms with Crippen LogP contribution in [0.4, 0.5) is 5.69 Å². The Morgan fingerprint density at radius 1 is 1.27 bits per heavy atom. The van der Waals surface area contributed by atoms with Gasteiger partial charge in [-0.15, -0.1) is 11.8 Å². The lowest BCUT2D eigenvalue weighted by Gasteiger charge is -2.32. The molecule has 0 aliphatic heterocycles. The number of hydrogen-bond donors (Lipinski definition) is 1. The Balaban J connectivity index is 2.50. The molecule has 125 valence electrons. The highest BCUT2D eigenvalue weighted by Gasteiger charge is 2.26. The van der Waals surface area contributed by atoms with Crippen molar-refractivity contribution in [2.24, 2.45) is 5.41 Å². The van der Waals surface area contributed by atoms with E-state index in [-0.39, 0.29) is 11.5 Å². The fraction of sp³-hybridized carbons (Fsp3) is 0.647. The van der Waals surface area contributed by atoms with Crippen LogP contribution in [0.25, 0.3) is 0 Å². The van der Waals surface area contributed by atoms with Gasteiger partial charge in [-0.05, 0) is 37.3 Å². The third-order valence-corrected chi connectivity index (χ3v) is 5.05. The Hall–Kier alpha value is -0.493. The molecule has 1 aromatic rings. The van der Waals surface area contributed by atoms with Crippen molar-refractivity contribution >= 4 is 26.5 Å². The van der Waals surface area contributed by atoms with E-state index in [0.29, 0.717) is 13.2 Å². The first-order valence-electron chi connectivity index (χ1n) is 7.71. The minimum Gasteiger partial charge on any atom is -0.414 e. The van der Waals surface area contributed by atoms with Gasteiger partial charge < -0.3 is 14.9 Å². The number of para-hydroxylation sites is 1. The van der Waals surface area contributed by atoms with Crippen molar-refractivity contribution in [1.29, 1.82) is 0 Å². The number of hydrogen-bond acceptors (Lipinski definition) is 4. The van der Waals surface area contributed by atoms with Crippen LogP contribution in [0, 0.1) is 5.41 Å². The number of ether oxygens (including phenoxy) is 1. The molecule has 2 N–H and O–H groups in total. The molecule has 0 saturated carbocycles. The second-order valence-corrected chi connectivity index (χ2v) is 9.66. The molecule has 1 radical (unpaired) electrons. The van der Waals surface area contributed by atoms with Crippen LogP contribution in [-0.2, 0) is 15.8 Å².